The lowest BCUT2D eigenvalue weighted by atomic mass is 10.1. The maximum Gasteiger partial charge on any atom is 0.326 e. The molecule has 1 fully saturated rings. The normalized spacial score (nSPS) is 18.8. The van der Waals surface area contributed by atoms with E-state index in [9.17, 15) is 18.8 Å². The van der Waals surface area contributed by atoms with Crippen LogP contribution >= 0.6 is 0 Å². The number of carbonyl (C=O) groups excluding carboxylic acids is 2. The quantitative estimate of drug-likeness (QED) is 0.778. The smallest absolute Gasteiger partial charge is 0.326 e. The minimum Gasteiger partial charge on any atom is -0.480 e. The van der Waals surface area contributed by atoms with Gasteiger partial charge in [0.2, 0.25) is 11.8 Å². The van der Waals surface area contributed by atoms with Gasteiger partial charge in [-0.15, -0.1) is 0 Å². The molecule has 0 bridgehead atoms. The van der Waals surface area contributed by atoms with E-state index in [1.807, 2.05) is 6.92 Å². The van der Waals surface area contributed by atoms with E-state index in [0.717, 1.165) is 0 Å². The maximum atomic E-state index is 12.9. The number of halogens is 1. The number of benzene rings is 1. The van der Waals surface area contributed by atoms with Gasteiger partial charge in [-0.3, -0.25) is 9.59 Å². The average Bonchev–Trinajstić information content (AvgIpc) is 2.89. The summed E-state index contributed by atoms with van der Waals surface area (Å²) in [5.74, 6) is -3.38. The zero-order valence-electron chi connectivity index (χ0n) is 12.8. The van der Waals surface area contributed by atoms with Gasteiger partial charge in [-0.2, -0.15) is 0 Å². The van der Waals surface area contributed by atoms with Crippen LogP contribution in [0.25, 0.3) is 0 Å². The van der Waals surface area contributed by atoms with Gasteiger partial charge >= 0.3 is 5.97 Å². The van der Waals surface area contributed by atoms with Crippen molar-refractivity contribution in [3.63, 3.8) is 0 Å². The molecule has 0 radical (unpaired) electrons. The van der Waals surface area contributed by atoms with Gasteiger partial charge in [-0.1, -0.05) is 13.3 Å². The standard InChI is InChI=1S/C16H19FN2O4/c1-2-3-13(16(22)23)18-14(20)12-8-9-19(15(12)21)11-6-4-10(17)5-7-11/h4-7,12-13H,2-3,8-9H2,1H3,(H,18,20)(H,22,23). The van der Waals surface area contributed by atoms with Crippen LogP contribution in [0, 0.1) is 11.7 Å². The molecule has 0 saturated carbocycles. The van der Waals surface area contributed by atoms with Crippen molar-refractivity contribution < 1.29 is 23.9 Å². The zero-order valence-corrected chi connectivity index (χ0v) is 12.8. The lowest BCUT2D eigenvalue weighted by Gasteiger charge is -2.18. The van der Waals surface area contributed by atoms with Crippen molar-refractivity contribution in [2.45, 2.75) is 32.2 Å². The second-order valence-electron chi connectivity index (χ2n) is 5.50. The first-order valence-electron chi connectivity index (χ1n) is 7.54. The molecule has 6 nitrogen and oxygen atoms in total. The van der Waals surface area contributed by atoms with Crippen LogP contribution in [-0.4, -0.2) is 35.5 Å². The van der Waals surface area contributed by atoms with Crippen LogP contribution < -0.4 is 10.2 Å². The number of anilines is 1. The number of nitrogens with one attached hydrogen (secondary N) is 1. The number of rotatable bonds is 6. The topological polar surface area (TPSA) is 86.7 Å². The van der Waals surface area contributed by atoms with Crippen molar-refractivity contribution in [2.75, 3.05) is 11.4 Å². The van der Waals surface area contributed by atoms with Crippen LogP contribution in [0.5, 0.6) is 0 Å². The van der Waals surface area contributed by atoms with Crippen molar-refractivity contribution in [1.82, 2.24) is 5.32 Å². The van der Waals surface area contributed by atoms with Gasteiger partial charge in [-0.25, -0.2) is 9.18 Å². The molecular weight excluding hydrogens is 303 g/mol. The maximum absolute atomic E-state index is 12.9. The molecule has 2 N–H and O–H groups in total. The van der Waals surface area contributed by atoms with Crippen molar-refractivity contribution in [2.24, 2.45) is 5.92 Å². The van der Waals surface area contributed by atoms with Gasteiger partial charge in [0.25, 0.3) is 0 Å². The molecule has 1 aromatic carbocycles. The average molecular weight is 322 g/mol. The Morgan fingerprint density at radius 2 is 2.04 bits per heavy atom. The first kappa shape index (κ1) is 16.9. The Kier molecular flexibility index (Phi) is 5.31. The molecule has 124 valence electrons. The monoisotopic (exact) mass is 322 g/mol. The molecular formula is C16H19FN2O4. The van der Waals surface area contributed by atoms with Crippen molar-refractivity contribution in [3.05, 3.63) is 30.1 Å². The number of amides is 2. The molecule has 2 amide bonds. The lowest BCUT2D eigenvalue weighted by Crippen LogP contribution is -2.45. The minimum atomic E-state index is -1.11. The van der Waals surface area contributed by atoms with E-state index in [1.54, 1.807) is 0 Å². The molecule has 23 heavy (non-hydrogen) atoms. The highest BCUT2D eigenvalue weighted by molar-refractivity contribution is 6.10. The van der Waals surface area contributed by atoms with Crippen LogP contribution in [0.15, 0.2) is 24.3 Å². The predicted octanol–water partition coefficient (Wildman–Crippen LogP) is 1.55. The van der Waals surface area contributed by atoms with Crippen molar-refractivity contribution in [1.29, 1.82) is 0 Å². The third-order valence-corrected chi connectivity index (χ3v) is 3.85. The van der Waals surface area contributed by atoms with Crippen LogP contribution in [0.3, 0.4) is 0 Å². The van der Waals surface area contributed by atoms with E-state index < -0.39 is 35.6 Å². The van der Waals surface area contributed by atoms with Crippen LogP contribution in [-0.2, 0) is 14.4 Å². The molecule has 1 aromatic rings. The van der Waals surface area contributed by atoms with Crippen LogP contribution in [0.2, 0.25) is 0 Å². The summed E-state index contributed by atoms with van der Waals surface area (Å²) >= 11 is 0. The van der Waals surface area contributed by atoms with Gasteiger partial charge in [-0.05, 0) is 37.1 Å². The first-order valence-corrected chi connectivity index (χ1v) is 7.54. The molecule has 0 aliphatic carbocycles. The summed E-state index contributed by atoms with van der Waals surface area (Å²) in [6, 6.07) is 4.46. The Labute approximate surface area is 133 Å². The lowest BCUT2D eigenvalue weighted by molar-refractivity contribution is -0.143. The molecule has 1 heterocycles. The largest absolute Gasteiger partial charge is 0.480 e. The van der Waals surface area contributed by atoms with Gasteiger partial charge in [0.05, 0.1) is 0 Å². The highest BCUT2D eigenvalue weighted by Gasteiger charge is 2.38. The Bertz CT molecular complexity index is 603. The third-order valence-electron chi connectivity index (χ3n) is 3.85. The number of carboxylic acids is 1. The summed E-state index contributed by atoms with van der Waals surface area (Å²) in [5.41, 5.74) is 0.523. The van der Waals surface area contributed by atoms with E-state index in [4.69, 9.17) is 5.11 Å². The molecule has 2 atom stereocenters. The Morgan fingerprint density at radius 1 is 1.39 bits per heavy atom. The van der Waals surface area contributed by atoms with E-state index in [-0.39, 0.29) is 0 Å². The molecule has 7 heteroatoms. The SMILES string of the molecule is CCCC(NC(=O)C1CCN(c2ccc(F)cc2)C1=O)C(=O)O. The second kappa shape index (κ2) is 7.21. The molecule has 2 unspecified atom stereocenters. The zero-order chi connectivity index (χ0) is 17.0. The summed E-state index contributed by atoms with van der Waals surface area (Å²) in [7, 11) is 0. The number of carboxylic acid groups (broad SMARTS) is 1. The summed E-state index contributed by atoms with van der Waals surface area (Å²) in [4.78, 5) is 37.1. The van der Waals surface area contributed by atoms with Gasteiger partial charge in [0, 0.05) is 12.2 Å². The van der Waals surface area contributed by atoms with Gasteiger partial charge in [0.1, 0.15) is 17.8 Å². The second-order valence-corrected chi connectivity index (χ2v) is 5.50. The molecule has 2 rings (SSSR count). The van der Waals surface area contributed by atoms with E-state index >= 15 is 0 Å². The summed E-state index contributed by atoms with van der Waals surface area (Å²) in [5, 5.41) is 11.5. The molecule has 0 aromatic heterocycles. The van der Waals surface area contributed by atoms with E-state index in [0.29, 0.717) is 31.5 Å². The van der Waals surface area contributed by atoms with Gasteiger partial charge < -0.3 is 15.3 Å². The number of hydrogen-bond donors (Lipinski definition) is 2. The van der Waals surface area contributed by atoms with Gasteiger partial charge in [0.15, 0.2) is 0 Å². The Hall–Kier alpha value is -2.44. The van der Waals surface area contributed by atoms with Crippen molar-refractivity contribution >= 4 is 23.5 Å². The number of aliphatic carboxylic acids is 1. The van der Waals surface area contributed by atoms with Crippen LogP contribution in [0.4, 0.5) is 10.1 Å². The third kappa shape index (κ3) is 3.85. The molecule has 1 saturated heterocycles. The molecule has 1 aliphatic heterocycles. The first-order chi connectivity index (χ1) is 10.9. The highest BCUT2D eigenvalue weighted by atomic mass is 19.1. The number of carbonyl (C=O) groups is 3. The Balaban J connectivity index is 2.04. The highest BCUT2D eigenvalue weighted by Crippen LogP contribution is 2.25. The fraction of sp³-hybridized carbons (Fsp3) is 0.438. The van der Waals surface area contributed by atoms with E-state index in [1.165, 1.54) is 29.2 Å². The number of nitrogens with zero attached hydrogens (tertiary/aromatic N) is 1. The molecule has 0 spiro atoms. The Morgan fingerprint density at radius 3 is 2.61 bits per heavy atom. The van der Waals surface area contributed by atoms with Crippen LogP contribution in [0.1, 0.15) is 26.2 Å². The summed E-state index contributed by atoms with van der Waals surface area (Å²) in [6.45, 7) is 2.16. The molecule has 1 aliphatic rings. The fourth-order valence-corrected chi connectivity index (χ4v) is 2.62. The summed E-state index contributed by atoms with van der Waals surface area (Å²) < 4.78 is 12.9. The predicted molar refractivity (Wildman–Crippen MR) is 81.3 cm³/mol. The minimum absolute atomic E-state index is 0.306. The fourth-order valence-electron chi connectivity index (χ4n) is 2.62. The number of hydrogen-bond acceptors (Lipinski definition) is 3. The van der Waals surface area contributed by atoms with Crippen molar-refractivity contribution in [3.8, 4) is 0 Å². The van der Waals surface area contributed by atoms with E-state index in [2.05, 4.69) is 5.32 Å². The summed E-state index contributed by atoms with van der Waals surface area (Å²) in [6.07, 6.45) is 1.22.